The second kappa shape index (κ2) is 11.8. The van der Waals surface area contributed by atoms with Crippen molar-refractivity contribution >= 4 is 72.0 Å². The standard InChI is InChI=1S/C52H34N2O3/c1-52(2)43-14-8-6-12-37(43)38-24-21-35(27-44(38)52)54(36-22-25-40-39-13-7-9-15-46(39)55-48(40)28-36)34-19-16-31(17-20-34)33-18-23-41-42-29-50-45(30-49(42)56-47(41)26-33)53-51(57-50)32-10-4-3-5-11-32/h3-30H,1-2H3. The summed E-state index contributed by atoms with van der Waals surface area (Å²) in [5.41, 5.74) is 16.4. The lowest BCUT2D eigenvalue weighted by Crippen LogP contribution is -2.16. The van der Waals surface area contributed by atoms with Crippen molar-refractivity contribution in [2.45, 2.75) is 19.3 Å². The van der Waals surface area contributed by atoms with Gasteiger partial charge in [0, 0.05) is 61.7 Å². The van der Waals surface area contributed by atoms with E-state index in [1.165, 1.54) is 22.3 Å². The first kappa shape index (κ1) is 31.9. The molecule has 0 unspecified atom stereocenters. The Kier molecular flexibility index (Phi) is 6.62. The van der Waals surface area contributed by atoms with Crippen LogP contribution in [0.2, 0.25) is 0 Å². The molecule has 0 fully saturated rings. The fourth-order valence-corrected chi connectivity index (χ4v) is 9.02. The van der Waals surface area contributed by atoms with Crippen LogP contribution in [0.25, 0.3) is 88.7 Å². The number of para-hydroxylation sites is 1. The highest BCUT2D eigenvalue weighted by Crippen LogP contribution is 2.51. The predicted molar refractivity (Wildman–Crippen MR) is 232 cm³/mol. The van der Waals surface area contributed by atoms with Gasteiger partial charge in [0.05, 0.1) is 0 Å². The average molecular weight is 735 g/mol. The van der Waals surface area contributed by atoms with E-state index >= 15 is 0 Å². The number of fused-ring (bicyclic) bond motifs is 10. The fourth-order valence-electron chi connectivity index (χ4n) is 9.02. The third-order valence-electron chi connectivity index (χ3n) is 11.9. The Hall–Kier alpha value is -7.37. The quantitative estimate of drug-likeness (QED) is 0.176. The van der Waals surface area contributed by atoms with Crippen molar-refractivity contribution in [2.75, 3.05) is 4.90 Å². The molecule has 270 valence electrons. The van der Waals surface area contributed by atoms with Gasteiger partial charge in [0.2, 0.25) is 5.89 Å². The van der Waals surface area contributed by atoms with Crippen molar-refractivity contribution in [3.05, 3.63) is 181 Å². The van der Waals surface area contributed by atoms with Gasteiger partial charge >= 0.3 is 0 Å². The lowest BCUT2D eigenvalue weighted by molar-refractivity contribution is 0.620. The fraction of sp³-hybridized carbons (Fsp3) is 0.0577. The number of nitrogens with zero attached hydrogens (tertiary/aromatic N) is 2. The van der Waals surface area contributed by atoms with Crippen LogP contribution in [0.3, 0.4) is 0 Å². The van der Waals surface area contributed by atoms with Crippen molar-refractivity contribution in [1.82, 2.24) is 4.98 Å². The Morgan fingerprint density at radius 1 is 0.404 bits per heavy atom. The molecule has 0 atom stereocenters. The summed E-state index contributed by atoms with van der Waals surface area (Å²) >= 11 is 0. The van der Waals surface area contributed by atoms with Gasteiger partial charge in [-0.3, -0.25) is 0 Å². The van der Waals surface area contributed by atoms with Crippen LogP contribution < -0.4 is 4.90 Å². The molecule has 11 aromatic rings. The molecule has 1 aliphatic rings. The van der Waals surface area contributed by atoms with Gasteiger partial charge in [-0.25, -0.2) is 4.98 Å². The smallest absolute Gasteiger partial charge is 0.227 e. The summed E-state index contributed by atoms with van der Waals surface area (Å²) in [5.74, 6) is 0.604. The SMILES string of the molecule is CC1(C)c2ccccc2-c2ccc(N(c3ccc(-c4ccc5c(c4)oc4cc6nc(-c7ccccc7)oc6cc45)cc3)c3ccc4c(c3)oc3ccccc34)cc21. The zero-order valence-electron chi connectivity index (χ0n) is 31.3. The summed E-state index contributed by atoms with van der Waals surface area (Å²) in [5, 5.41) is 4.28. The highest BCUT2D eigenvalue weighted by atomic mass is 16.4. The van der Waals surface area contributed by atoms with Crippen molar-refractivity contribution < 1.29 is 13.3 Å². The highest BCUT2D eigenvalue weighted by molar-refractivity contribution is 6.10. The topological polar surface area (TPSA) is 55.6 Å². The van der Waals surface area contributed by atoms with E-state index in [0.717, 1.165) is 88.7 Å². The van der Waals surface area contributed by atoms with Crippen molar-refractivity contribution in [1.29, 1.82) is 0 Å². The third-order valence-corrected chi connectivity index (χ3v) is 11.9. The molecule has 0 saturated carbocycles. The second-order valence-corrected chi connectivity index (χ2v) is 15.6. The van der Waals surface area contributed by atoms with Gasteiger partial charge in [-0.1, -0.05) is 98.8 Å². The molecule has 0 aliphatic heterocycles. The Morgan fingerprint density at radius 3 is 1.93 bits per heavy atom. The summed E-state index contributed by atoms with van der Waals surface area (Å²) in [6.45, 7) is 4.66. The number of rotatable bonds is 5. The second-order valence-electron chi connectivity index (χ2n) is 15.6. The first-order valence-electron chi connectivity index (χ1n) is 19.3. The maximum absolute atomic E-state index is 6.45. The first-order chi connectivity index (χ1) is 28.0. The van der Waals surface area contributed by atoms with Gasteiger partial charge in [0.25, 0.3) is 0 Å². The first-order valence-corrected chi connectivity index (χ1v) is 19.3. The zero-order chi connectivity index (χ0) is 37.8. The Labute approximate surface area is 328 Å². The number of furan rings is 2. The van der Waals surface area contributed by atoms with E-state index in [4.69, 9.17) is 18.2 Å². The van der Waals surface area contributed by atoms with E-state index in [1.807, 2.05) is 54.6 Å². The molecule has 0 spiro atoms. The maximum atomic E-state index is 6.45. The van der Waals surface area contributed by atoms with Crippen LogP contribution in [0, 0.1) is 0 Å². The van der Waals surface area contributed by atoms with Gasteiger partial charge in [-0.15, -0.1) is 0 Å². The molecule has 3 aromatic heterocycles. The number of aromatic nitrogens is 1. The molecule has 8 aromatic carbocycles. The largest absolute Gasteiger partial charge is 0.456 e. The van der Waals surface area contributed by atoms with Crippen LogP contribution in [0.4, 0.5) is 17.1 Å². The Balaban J connectivity index is 0.939. The highest BCUT2D eigenvalue weighted by Gasteiger charge is 2.35. The van der Waals surface area contributed by atoms with Gasteiger partial charge < -0.3 is 18.2 Å². The predicted octanol–water partition coefficient (Wildman–Crippen LogP) is 14.7. The van der Waals surface area contributed by atoms with Crippen molar-refractivity contribution in [3.8, 4) is 33.7 Å². The van der Waals surface area contributed by atoms with Crippen LogP contribution in [-0.4, -0.2) is 4.98 Å². The Bertz CT molecular complexity index is 3380. The zero-order valence-corrected chi connectivity index (χ0v) is 31.3. The molecule has 1 aliphatic carbocycles. The van der Waals surface area contributed by atoms with Crippen LogP contribution in [-0.2, 0) is 5.41 Å². The monoisotopic (exact) mass is 734 g/mol. The molecule has 0 amide bonds. The molecule has 12 rings (SSSR count). The van der Waals surface area contributed by atoms with E-state index in [9.17, 15) is 0 Å². The molecule has 0 saturated heterocycles. The van der Waals surface area contributed by atoms with Crippen LogP contribution in [0.15, 0.2) is 183 Å². The van der Waals surface area contributed by atoms with Gasteiger partial charge in [0.1, 0.15) is 27.8 Å². The summed E-state index contributed by atoms with van der Waals surface area (Å²) < 4.78 is 19.0. The summed E-state index contributed by atoms with van der Waals surface area (Å²) in [4.78, 5) is 7.10. The lowest BCUT2D eigenvalue weighted by Gasteiger charge is -2.28. The van der Waals surface area contributed by atoms with E-state index in [-0.39, 0.29) is 5.41 Å². The number of hydrogen-bond donors (Lipinski definition) is 0. The van der Waals surface area contributed by atoms with E-state index in [2.05, 4.69) is 134 Å². The normalized spacial score (nSPS) is 13.2. The third kappa shape index (κ3) is 4.85. The number of hydrogen-bond acceptors (Lipinski definition) is 5. The number of anilines is 3. The van der Waals surface area contributed by atoms with Crippen LogP contribution in [0.5, 0.6) is 0 Å². The van der Waals surface area contributed by atoms with E-state index < -0.39 is 0 Å². The molecular weight excluding hydrogens is 701 g/mol. The maximum Gasteiger partial charge on any atom is 0.227 e. The van der Waals surface area contributed by atoms with E-state index in [1.54, 1.807) is 0 Å². The molecule has 5 heteroatoms. The van der Waals surface area contributed by atoms with Crippen molar-refractivity contribution in [2.24, 2.45) is 0 Å². The molecule has 0 N–H and O–H groups in total. The Morgan fingerprint density at radius 2 is 1.04 bits per heavy atom. The van der Waals surface area contributed by atoms with Gasteiger partial charge in [-0.2, -0.15) is 0 Å². The van der Waals surface area contributed by atoms with Gasteiger partial charge in [0.15, 0.2) is 5.58 Å². The molecular formula is C52H34N2O3. The number of benzene rings is 8. The minimum Gasteiger partial charge on any atom is -0.456 e. The molecule has 0 radical (unpaired) electrons. The average Bonchev–Trinajstić information content (AvgIpc) is 4.00. The summed E-state index contributed by atoms with van der Waals surface area (Å²) in [6, 6.07) is 59.7. The molecule has 3 heterocycles. The summed E-state index contributed by atoms with van der Waals surface area (Å²) in [6.07, 6.45) is 0. The van der Waals surface area contributed by atoms with Crippen LogP contribution in [0.1, 0.15) is 25.0 Å². The minimum absolute atomic E-state index is 0.124. The van der Waals surface area contributed by atoms with Crippen LogP contribution >= 0.6 is 0 Å². The molecule has 5 nitrogen and oxygen atoms in total. The van der Waals surface area contributed by atoms with E-state index in [0.29, 0.717) is 5.89 Å². The summed E-state index contributed by atoms with van der Waals surface area (Å²) in [7, 11) is 0. The van der Waals surface area contributed by atoms with Gasteiger partial charge in [-0.05, 0) is 106 Å². The lowest BCUT2D eigenvalue weighted by atomic mass is 9.82. The number of oxazole rings is 1. The van der Waals surface area contributed by atoms with Crippen molar-refractivity contribution in [3.63, 3.8) is 0 Å². The molecule has 0 bridgehead atoms. The molecule has 57 heavy (non-hydrogen) atoms. The minimum atomic E-state index is -0.124.